The monoisotopic (exact) mass is 635 g/mol. The van der Waals surface area contributed by atoms with Crippen LogP contribution in [0.5, 0.6) is 5.75 Å². The Kier molecular flexibility index (Phi) is 8.99. The normalized spacial score (nSPS) is 12.6. The molecule has 1 aliphatic rings. The second kappa shape index (κ2) is 13.4. The van der Waals surface area contributed by atoms with Crippen molar-refractivity contribution >= 4 is 58.6 Å². The molecule has 0 bridgehead atoms. The van der Waals surface area contributed by atoms with Crippen molar-refractivity contribution in [2.45, 2.75) is 13.0 Å². The highest BCUT2D eigenvalue weighted by molar-refractivity contribution is 7.80. The van der Waals surface area contributed by atoms with Crippen LogP contribution in [-0.4, -0.2) is 75.5 Å². The Morgan fingerprint density at radius 1 is 0.978 bits per heavy atom. The van der Waals surface area contributed by atoms with Gasteiger partial charge in [0.1, 0.15) is 30.1 Å². The number of aromatic nitrogens is 3. The van der Waals surface area contributed by atoms with Crippen LogP contribution in [0.15, 0.2) is 79.3 Å². The van der Waals surface area contributed by atoms with Crippen molar-refractivity contribution in [2.24, 2.45) is 0 Å². The third-order valence-corrected chi connectivity index (χ3v) is 7.83. The second-order valence-electron chi connectivity index (χ2n) is 11.1. The van der Waals surface area contributed by atoms with Gasteiger partial charge in [-0.05, 0) is 67.4 Å². The van der Waals surface area contributed by atoms with E-state index in [1.54, 1.807) is 24.3 Å². The van der Waals surface area contributed by atoms with Crippen LogP contribution in [0.25, 0.3) is 22.2 Å². The van der Waals surface area contributed by atoms with E-state index >= 15 is 0 Å². The van der Waals surface area contributed by atoms with E-state index in [0.29, 0.717) is 46.4 Å². The molecule has 0 radical (unpaired) electrons. The average molecular weight is 636 g/mol. The minimum absolute atomic E-state index is 0.152. The number of nitrogens with one attached hydrogen (secondary N) is 3. The lowest BCUT2D eigenvalue weighted by Crippen LogP contribution is -2.29. The van der Waals surface area contributed by atoms with Crippen LogP contribution in [0.4, 0.5) is 17.2 Å². The maximum absolute atomic E-state index is 12.8. The van der Waals surface area contributed by atoms with E-state index < -0.39 is 0 Å². The number of carbonyl (C=O) groups excluding carboxylic acids is 3. The zero-order chi connectivity index (χ0) is 32.2. The van der Waals surface area contributed by atoms with Crippen molar-refractivity contribution in [3.05, 3.63) is 95.9 Å². The summed E-state index contributed by atoms with van der Waals surface area (Å²) < 4.78 is 6.01. The molecule has 5 aromatic rings. The Hall–Kier alpha value is -5.20. The Labute approximate surface area is 271 Å². The van der Waals surface area contributed by atoms with Crippen molar-refractivity contribution in [3.8, 4) is 16.9 Å². The maximum Gasteiger partial charge on any atom is 0.261 e. The summed E-state index contributed by atoms with van der Waals surface area (Å²) in [4.78, 5) is 53.6. The number of imide groups is 1. The number of hydrogen-bond acceptors (Lipinski definition) is 9. The molecule has 1 aliphatic heterocycles. The van der Waals surface area contributed by atoms with Crippen LogP contribution < -0.4 is 15.4 Å². The summed E-state index contributed by atoms with van der Waals surface area (Å²) >= 11 is 4.19. The number of thiol groups is 1. The molecule has 46 heavy (non-hydrogen) atoms. The lowest BCUT2D eigenvalue weighted by molar-refractivity contribution is -0.115. The SMILES string of the molecule is CN(C)CCOc1ccc(-c2c[nH]c3ncnc(Nc4ccc(CN5C(=O)c6ccccc6C5=O)cc4)c23)cc1NC(=O)CCS. The largest absolute Gasteiger partial charge is 0.490 e. The van der Waals surface area contributed by atoms with Crippen LogP contribution >= 0.6 is 12.6 Å². The first-order valence-corrected chi connectivity index (χ1v) is 15.4. The number of rotatable bonds is 12. The fourth-order valence-corrected chi connectivity index (χ4v) is 5.46. The van der Waals surface area contributed by atoms with E-state index in [-0.39, 0.29) is 30.7 Å². The number of amides is 3. The van der Waals surface area contributed by atoms with E-state index in [1.807, 2.05) is 67.7 Å². The fourth-order valence-electron chi connectivity index (χ4n) is 5.25. The first-order valence-electron chi connectivity index (χ1n) is 14.8. The van der Waals surface area contributed by atoms with Gasteiger partial charge in [-0.15, -0.1) is 0 Å². The number of aromatic amines is 1. The minimum Gasteiger partial charge on any atom is -0.490 e. The first kappa shape index (κ1) is 30.8. The number of H-pyrrole nitrogens is 1. The molecule has 234 valence electrons. The van der Waals surface area contributed by atoms with E-state index in [4.69, 9.17) is 4.74 Å². The van der Waals surface area contributed by atoms with E-state index in [2.05, 4.69) is 38.2 Å². The molecule has 6 rings (SSSR count). The predicted octanol–water partition coefficient (Wildman–Crippen LogP) is 5.36. The van der Waals surface area contributed by atoms with Crippen LogP contribution in [0.2, 0.25) is 0 Å². The van der Waals surface area contributed by atoms with Gasteiger partial charge in [0, 0.05) is 30.4 Å². The lowest BCUT2D eigenvalue weighted by Gasteiger charge is -2.16. The number of anilines is 3. The number of likely N-dealkylation sites (N-methyl/N-ethyl adjacent to an activating group) is 1. The van der Waals surface area contributed by atoms with Crippen molar-refractivity contribution in [1.82, 2.24) is 24.8 Å². The molecule has 0 atom stereocenters. The molecule has 0 spiro atoms. The molecule has 3 amide bonds. The molecule has 2 aromatic heterocycles. The number of benzene rings is 3. The summed E-state index contributed by atoms with van der Waals surface area (Å²) in [6.07, 6.45) is 3.61. The Bertz CT molecular complexity index is 1890. The van der Waals surface area contributed by atoms with Gasteiger partial charge in [-0.2, -0.15) is 12.6 Å². The van der Waals surface area contributed by atoms with Crippen LogP contribution in [0.1, 0.15) is 32.7 Å². The quantitative estimate of drug-likeness (QED) is 0.106. The molecule has 3 N–H and O–H groups in total. The summed E-state index contributed by atoms with van der Waals surface area (Å²) in [7, 11) is 3.94. The Morgan fingerprint density at radius 3 is 2.41 bits per heavy atom. The van der Waals surface area contributed by atoms with Crippen molar-refractivity contribution in [3.63, 3.8) is 0 Å². The third-order valence-electron chi connectivity index (χ3n) is 7.60. The third kappa shape index (κ3) is 6.44. The van der Waals surface area contributed by atoms with Gasteiger partial charge in [-0.25, -0.2) is 9.97 Å². The zero-order valence-electron chi connectivity index (χ0n) is 25.4. The first-order chi connectivity index (χ1) is 22.3. The number of fused-ring (bicyclic) bond motifs is 2. The van der Waals surface area contributed by atoms with Gasteiger partial charge in [0.2, 0.25) is 5.91 Å². The topological polar surface area (TPSA) is 133 Å². The Morgan fingerprint density at radius 2 is 1.72 bits per heavy atom. The molecule has 11 nitrogen and oxygen atoms in total. The van der Waals surface area contributed by atoms with Crippen LogP contribution in [-0.2, 0) is 11.3 Å². The smallest absolute Gasteiger partial charge is 0.261 e. The lowest BCUT2D eigenvalue weighted by atomic mass is 10.0. The summed E-state index contributed by atoms with van der Waals surface area (Å²) in [5.41, 5.74) is 5.32. The number of nitrogens with zero attached hydrogens (tertiary/aromatic N) is 4. The van der Waals surface area contributed by atoms with Gasteiger partial charge < -0.3 is 25.3 Å². The van der Waals surface area contributed by atoms with Gasteiger partial charge >= 0.3 is 0 Å². The highest BCUT2D eigenvalue weighted by atomic mass is 32.1. The highest BCUT2D eigenvalue weighted by Crippen LogP contribution is 2.37. The van der Waals surface area contributed by atoms with Crippen LogP contribution in [0, 0.1) is 0 Å². The molecule has 12 heteroatoms. The number of carbonyl (C=O) groups is 3. The molecule has 0 fully saturated rings. The van der Waals surface area contributed by atoms with Gasteiger partial charge in [-0.3, -0.25) is 19.3 Å². The molecule has 0 saturated carbocycles. The predicted molar refractivity (Wildman–Crippen MR) is 181 cm³/mol. The zero-order valence-corrected chi connectivity index (χ0v) is 26.3. The highest BCUT2D eigenvalue weighted by Gasteiger charge is 2.34. The van der Waals surface area contributed by atoms with E-state index in [1.165, 1.54) is 11.2 Å². The number of ether oxygens (including phenoxy) is 1. The Balaban J connectivity index is 1.24. The van der Waals surface area contributed by atoms with Gasteiger partial charge in [0.15, 0.2) is 0 Å². The van der Waals surface area contributed by atoms with Crippen molar-refractivity contribution in [2.75, 3.05) is 43.6 Å². The molecule has 0 aliphatic carbocycles. The van der Waals surface area contributed by atoms with E-state index in [9.17, 15) is 14.4 Å². The summed E-state index contributed by atoms with van der Waals surface area (Å²) in [5.74, 6) is 0.865. The number of hydrogen-bond donors (Lipinski definition) is 4. The fraction of sp³-hybridized carbons (Fsp3) is 0.206. The maximum atomic E-state index is 12.8. The molecule has 3 aromatic carbocycles. The van der Waals surface area contributed by atoms with Gasteiger partial charge in [0.25, 0.3) is 11.8 Å². The van der Waals surface area contributed by atoms with Gasteiger partial charge in [0.05, 0.1) is 28.7 Å². The minimum atomic E-state index is -0.288. The molecular formula is C34H33N7O4S. The van der Waals surface area contributed by atoms with Crippen molar-refractivity contribution in [1.29, 1.82) is 0 Å². The van der Waals surface area contributed by atoms with Crippen molar-refractivity contribution < 1.29 is 19.1 Å². The molecule has 0 unspecified atom stereocenters. The van der Waals surface area contributed by atoms with E-state index in [0.717, 1.165) is 34.3 Å². The molecule has 0 saturated heterocycles. The van der Waals surface area contributed by atoms with Gasteiger partial charge in [-0.1, -0.05) is 30.3 Å². The summed E-state index contributed by atoms with van der Waals surface area (Å²) in [5, 5.41) is 7.12. The molecular weight excluding hydrogens is 602 g/mol. The summed E-state index contributed by atoms with van der Waals surface area (Å²) in [6, 6.07) is 20.0. The summed E-state index contributed by atoms with van der Waals surface area (Å²) in [6.45, 7) is 1.37. The molecule has 3 heterocycles. The van der Waals surface area contributed by atoms with Crippen LogP contribution in [0.3, 0.4) is 0 Å². The second-order valence-corrected chi connectivity index (χ2v) is 11.5. The standard InChI is InChI=1S/C34H33N7O4S/c1-40(2)14-15-45-28-12-9-22(17-27(28)39-29(42)13-16-46)26-18-35-31-30(26)32(37-20-36-31)38-23-10-7-21(8-11-23)19-41-33(43)24-5-3-4-6-25(24)34(41)44/h3-12,17-18,20,46H,13-16,19H2,1-2H3,(H,39,42)(H2,35,36,37,38). The average Bonchev–Trinajstić information content (AvgIpc) is 3.59.